The minimum absolute atomic E-state index is 0.127. The van der Waals surface area contributed by atoms with Crippen molar-refractivity contribution in [2.45, 2.75) is 6.61 Å². The Hall–Kier alpha value is -1.82. The molecule has 2 heterocycles. The van der Waals surface area contributed by atoms with Gasteiger partial charge in [-0.2, -0.15) is 5.10 Å². The molecular weight excluding hydrogens is 199 g/mol. The van der Waals surface area contributed by atoms with Crippen molar-refractivity contribution in [2.75, 3.05) is 7.11 Å². The molecule has 0 aliphatic heterocycles. The van der Waals surface area contributed by atoms with Gasteiger partial charge in [0, 0.05) is 19.5 Å². The second kappa shape index (κ2) is 4.14. The van der Waals surface area contributed by atoms with Gasteiger partial charge >= 0.3 is 0 Å². The minimum atomic E-state index is -0.515. The average Bonchev–Trinajstić information content (AvgIpc) is 2.74. The zero-order valence-electron chi connectivity index (χ0n) is 8.09. The number of rotatable bonds is 3. The maximum atomic E-state index is 13.3. The SMILES string of the molecule is COCc1ncc(F)c(-n2cccn2)n1. The molecule has 2 rings (SSSR count). The first kappa shape index (κ1) is 9.72. The van der Waals surface area contributed by atoms with Crippen LogP contribution in [0.3, 0.4) is 0 Å². The third-order valence-corrected chi connectivity index (χ3v) is 1.77. The maximum Gasteiger partial charge on any atom is 0.193 e. The molecular formula is C9H9FN4O. The van der Waals surface area contributed by atoms with Crippen LogP contribution in [0.4, 0.5) is 4.39 Å². The summed E-state index contributed by atoms with van der Waals surface area (Å²) in [6, 6.07) is 1.69. The van der Waals surface area contributed by atoms with E-state index < -0.39 is 5.82 Å². The lowest BCUT2D eigenvalue weighted by atomic mass is 10.5. The van der Waals surface area contributed by atoms with Crippen LogP contribution in [0, 0.1) is 5.82 Å². The maximum absolute atomic E-state index is 13.3. The van der Waals surface area contributed by atoms with E-state index in [4.69, 9.17) is 4.74 Å². The summed E-state index contributed by atoms with van der Waals surface area (Å²) in [5, 5.41) is 3.89. The van der Waals surface area contributed by atoms with Gasteiger partial charge in [-0.05, 0) is 6.07 Å². The highest BCUT2D eigenvalue weighted by atomic mass is 19.1. The second-order valence-electron chi connectivity index (χ2n) is 2.84. The minimum Gasteiger partial charge on any atom is -0.377 e. The summed E-state index contributed by atoms with van der Waals surface area (Å²) in [4.78, 5) is 7.78. The Balaban J connectivity index is 2.41. The summed E-state index contributed by atoms with van der Waals surface area (Å²) in [5.74, 6) is 0.0324. The van der Waals surface area contributed by atoms with Crippen molar-refractivity contribution in [1.82, 2.24) is 19.7 Å². The van der Waals surface area contributed by atoms with Crippen LogP contribution in [0.15, 0.2) is 24.7 Å². The Morgan fingerprint density at radius 1 is 1.53 bits per heavy atom. The van der Waals surface area contributed by atoms with Crippen molar-refractivity contribution in [1.29, 1.82) is 0 Å². The number of hydrogen-bond donors (Lipinski definition) is 0. The molecule has 78 valence electrons. The molecule has 0 aliphatic carbocycles. The molecule has 0 saturated carbocycles. The lowest BCUT2D eigenvalue weighted by Gasteiger charge is -2.03. The first-order valence-corrected chi connectivity index (χ1v) is 4.31. The quantitative estimate of drug-likeness (QED) is 0.753. The van der Waals surface area contributed by atoms with Gasteiger partial charge in [0.2, 0.25) is 0 Å². The van der Waals surface area contributed by atoms with E-state index in [1.165, 1.54) is 11.8 Å². The van der Waals surface area contributed by atoms with Crippen molar-refractivity contribution < 1.29 is 9.13 Å². The van der Waals surface area contributed by atoms with Gasteiger partial charge in [-0.15, -0.1) is 0 Å². The monoisotopic (exact) mass is 208 g/mol. The molecule has 0 saturated heterocycles. The highest BCUT2D eigenvalue weighted by molar-refractivity contribution is 5.21. The summed E-state index contributed by atoms with van der Waals surface area (Å²) in [6.07, 6.45) is 4.28. The van der Waals surface area contributed by atoms with E-state index in [2.05, 4.69) is 15.1 Å². The fourth-order valence-corrected chi connectivity index (χ4v) is 1.15. The number of ether oxygens (including phenoxy) is 1. The largest absolute Gasteiger partial charge is 0.377 e. The van der Waals surface area contributed by atoms with Gasteiger partial charge in [0.05, 0.1) is 6.20 Å². The number of nitrogens with zero attached hydrogens (tertiary/aromatic N) is 4. The summed E-state index contributed by atoms with van der Waals surface area (Å²) >= 11 is 0. The van der Waals surface area contributed by atoms with Crippen molar-refractivity contribution >= 4 is 0 Å². The number of hydrogen-bond acceptors (Lipinski definition) is 4. The molecule has 0 spiro atoms. The number of methoxy groups -OCH3 is 1. The van der Waals surface area contributed by atoms with Gasteiger partial charge in [-0.3, -0.25) is 0 Å². The molecule has 0 amide bonds. The van der Waals surface area contributed by atoms with Crippen LogP contribution >= 0.6 is 0 Å². The zero-order chi connectivity index (χ0) is 10.7. The number of aromatic nitrogens is 4. The molecule has 6 heteroatoms. The van der Waals surface area contributed by atoms with Crippen molar-refractivity contribution in [3.8, 4) is 5.82 Å². The predicted molar refractivity (Wildman–Crippen MR) is 49.8 cm³/mol. The normalized spacial score (nSPS) is 10.5. The van der Waals surface area contributed by atoms with Crippen molar-refractivity contribution in [3.05, 3.63) is 36.3 Å². The smallest absolute Gasteiger partial charge is 0.193 e. The molecule has 0 radical (unpaired) electrons. The van der Waals surface area contributed by atoms with E-state index in [-0.39, 0.29) is 12.4 Å². The Bertz CT molecular complexity index is 443. The van der Waals surface area contributed by atoms with Crippen LogP contribution in [0.25, 0.3) is 5.82 Å². The van der Waals surface area contributed by atoms with Gasteiger partial charge < -0.3 is 4.74 Å². The zero-order valence-corrected chi connectivity index (χ0v) is 8.09. The Kier molecular flexibility index (Phi) is 2.68. The summed E-state index contributed by atoms with van der Waals surface area (Å²) in [7, 11) is 1.53. The lowest BCUT2D eigenvalue weighted by Crippen LogP contribution is -2.06. The summed E-state index contributed by atoms with van der Waals surface area (Å²) in [6.45, 7) is 0.245. The molecule has 2 aromatic heterocycles. The third-order valence-electron chi connectivity index (χ3n) is 1.77. The fraction of sp³-hybridized carbons (Fsp3) is 0.222. The topological polar surface area (TPSA) is 52.8 Å². The summed E-state index contributed by atoms with van der Waals surface area (Å²) < 4.78 is 19.6. The van der Waals surface area contributed by atoms with E-state index in [1.807, 2.05) is 0 Å². The van der Waals surface area contributed by atoms with Crippen molar-refractivity contribution in [3.63, 3.8) is 0 Å². The third kappa shape index (κ3) is 1.99. The molecule has 0 aliphatic rings. The Morgan fingerprint density at radius 3 is 3.07 bits per heavy atom. The predicted octanol–water partition coefficient (Wildman–Crippen LogP) is 0.948. The van der Waals surface area contributed by atoms with Gasteiger partial charge in [-0.1, -0.05) is 0 Å². The van der Waals surface area contributed by atoms with E-state index in [9.17, 15) is 4.39 Å². The fourth-order valence-electron chi connectivity index (χ4n) is 1.15. The van der Waals surface area contributed by atoms with Crippen LogP contribution in [-0.2, 0) is 11.3 Å². The molecule has 0 fully saturated rings. The van der Waals surface area contributed by atoms with Crippen LogP contribution in [-0.4, -0.2) is 26.9 Å². The van der Waals surface area contributed by atoms with Gasteiger partial charge in [-0.25, -0.2) is 19.0 Å². The first-order valence-electron chi connectivity index (χ1n) is 4.31. The molecule has 0 N–H and O–H groups in total. The lowest BCUT2D eigenvalue weighted by molar-refractivity contribution is 0.177. The molecule has 0 aromatic carbocycles. The highest BCUT2D eigenvalue weighted by Gasteiger charge is 2.08. The van der Waals surface area contributed by atoms with E-state index in [0.717, 1.165) is 6.20 Å². The summed E-state index contributed by atoms with van der Waals surface area (Å²) in [5.41, 5.74) is 0. The van der Waals surface area contributed by atoms with E-state index in [1.54, 1.807) is 18.5 Å². The second-order valence-corrected chi connectivity index (χ2v) is 2.84. The highest BCUT2D eigenvalue weighted by Crippen LogP contribution is 2.08. The van der Waals surface area contributed by atoms with Gasteiger partial charge in [0.25, 0.3) is 0 Å². The number of halogens is 1. The van der Waals surface area contributed by atoms with Gasteiger partial charge in [0.15, 0.2) is 17.5 Å². The van der Waals surface area contributed by atoms with E-state index >= 15 is 0 Å². The molecule has 5 nitrogen and oxygen atoms in total. The van der Waals surface area contributed by atoms with Crippen molar-refractivity contribution in [2.24, 2.45) is 0 Å². The standard InChI is InChI=1S/C9H9FN4O/c1-15-6-8-11-5-7(10)9(13-8)14-4-2-3-12-14/h2-5H,6H2,1H3. The molecule has 0 atom stereocenters. The van der Waals surface area contributed by atoms with Crippen LogP contribution in [0.1, 0.15) is 5.82 Å². The molecule has 15 heavy (non-hydrogen) atoms. The van der Waals surface area contributed by atoms with Gasteiger partial charge in [0.1, 0.15) is 6.61 Å². The Labute approximate surface area is 85.5 Å². The average molecular weight is 208 g/mol. The first-order chi connectivity index (χ1) is 7.31. The van der Waals surface area contributed by atoms with Crippen LogP contribution in [0.2, 0.25) is 0 Å². The molecule has 0 bridgehead atoms. The van der Waals surface area contributed by atoms with E-state index in [0.29, 0.717) is 5.82 Å². The molecule has 0 unspecified atom stereocenters. The van der Waals surface area contributed by atoms with Crippen LogP contribution in [0.5, 0.6) is 0 Å². The molecule has 2 aromatic rings. The van der Waals surface area contributed by atoms with Crippen LogP contribution < -0.4 is 0 Å². The Morgan fingerprint density at radius 2 is 2.40 bits per heavy atom.